The minimum absolute atomic E-state index is 0.0111. The number of hydrogen-bond acceptors (Lipinski definition) is 4. The minimum atomic E-state index is -0.0111. The Bertz CT molecular complexity index is 563. The molecule has 0 aromatic heterocycles. The van der Waals surface area contributed by atoms with E-state index in [1.807, 2.05) is 0 Å². The number of morpholine rings is 1. The third-order valence-electron chi connectivity index (χ3n) is 5.10. The van der Waals surface area contributed by atoms with E-state index in [2.05, 4.69) is 41.4 Å². The lowest BCUT2D eigenvalue weighted by Gasteiger charge is -2.31. The fraction of sp³-hybridized carbons (Fsp3) is 0.632. The molecule has 132 valence electrons. The number of rotatable bonds is 5. The van der Waals surface area contributed by atoms with Crippen molar-refractivity contribution in [2.45, 2.75) is 51.4 Å². The quantitative estimate of drug-likeness (QED) is 0.861. The Labute approximate surface area is 144 Å². The van der Waals surface area contributed by atoms with Crippen LogP contribution >= 0.6 is 0 Å². The number of nitrogens with one attached hydrogen (secondary N) is 1. The summed E-state index contributed by atoms with van der Waals surface area (Å²) in [6, 6.07) is 8.51. The molecule has 0 bridgehead atoms. The molecule has 5 heteroatoms. The molecule has 0 spiro atoms. The normalized spacial score (nSPS) is 28.0. The summed E-state index contributed by atoms with van der Waals surface area (Å²) in [5.41, 5.74) is 8.44. The van der Waals surface area contributed by atoms with Crippen molar-refractivity contribution in [2.75, 3.05) is 19.7 Å². The molecule has 3 N–H and O–H groups in total. The Balaban J connectivity index is 1.52. The maximum absolute atomic E-state index is 12.3. The number of carbonyl (C=O) groups is 1. The summed E-state index contributed by atoms with van der Waals surface area (Å²) >= 11 is 0. The highest BCUT2D eigenvalue weighted by molar-refractivity contribution is 5.79. The van der Waals surface area contributed by atoms with Gasteiger partial charge in [0.25, 0.3) is 0 Å². The zero-order valence-corrected chi connectivity index (χ0v) is 14.5. The van der Waals surface area contributed by atoms with E-state index in [0.717, 1.165) is 51.1 Å². The SMILES string of the molecule is C[C@@H]1CN(Cc2cccc(CNC(=O)[C@@H]3CCC[C@@H]3N)c2)CCO1. The van der Waals surface area contributed by atoms with E-state index in [4.69, 9.17) is 10.5 Å². The van der Waals surface area contributed by atoms with Gasteiger partial charge in [-0.25, -0.2) is 0 Å². The molecule has 0 radical (unpaired) electrons. The van der Waals surface area contributed by atoms with E-state index < -0.39 is 0 Å². The van der Waals surface area contributed by atoms with Crippen LogP contribution in [0.4, 0.5) is 0 Å². The second-order valence-electron chi connectivity index (χ2n) is 7.16. The lowest BCUT2D eigenvalue weighted by molar-refractivity contribution is -0.125. The maximum atomic E-state index is 12.3. The molecule has 1 aliphatic heterocycles. The number of hydrogen-bond donors (Lipinski definition) is 2. The fourth-order valence-corrected chi connectivity index (χ4v) is 3.76. The van der Waals surface area contributed by atoms with Gasteiger partial charge in [-0.15, -0.1) is 0 Å². The van der Waals surface area contributed by atoms with Gasteiger partial charge in [0, 0.05) is 32.2 Å². The first-order valence-corrected chi connectivity index (χ1v) is 9.07. The highest BCUT2D eigenvalue weighted by atomic mass is 16.5. The van der Waals surface area contributed by atoms with Gasteiger partial charge in [-0.2, -0.15) is 0 Å². The molecule has 1 aromatic rings. The average Bonchev–Trinajstić information content (AvgIpc) is 2.99. The third-order valence-corrected chi connectivity index (χ3v) is 5.10. The molecule has 1 aromatic carbocycles. The Morgan fingerprint density at radius 2 is 2.21 bits per heavy atom. The highest BCUT2D eigenvalue weighted by Crippen LogP contribution is 2.24. The number of ether oxygens (including phenoxy) is 1. The van der Waals surface area contributed by atoms with Crippen LogP contribution in [0.25, 0.3) is 0 Å². The summed E-state index contributed by atoms with van der Waals surface area (Å²) in [6.45, 7) is 6.38. The largest absolute Gasteiger partial charge is 0.376 e. The summed E-state index contributed by atoms with van der Waals surface area (Å²) in [6.07, 6.45) is 3.25. The molecule has 3 rings (SSSR count). The van der Waals surface area contributed by atoms with Crippen molar-refractivity contribution < 1.29 is 9.53 Å². The molecular formula is C19H29N3O2. The zero-order valence-electron chi connectivity index (χ0n) is 14.5. The van der Waals surface area contributed by atoms with E-state index >= 15 is 0 Å². The molecule has 24 heavy (non-hydrogen) atoms. The first-order chi connectivity index (χ1) is 11.6. The molecule has 1 saturated carbocycles. The smallest absolute Gasteiger partial charge is 0.224 e. The van der Waals surface area contributed by atoms with E-state index in [-0.39, 0.29) is 17.9 Å². The standard InChI is InChI=1S/C19H29N3O2/c1-14-12-22(8-9-24-14)13-16-5-2-4-15(10-16)11-21-19(23)17-6-3-7-18(17)20/h2,4-5,10,14,17-18H,3,6-9,11-13,20H2,1H3,(H,21,23)/t14-,17-,18+/m1/s1. The van der Waals surface area contributed by atoms with Gasteiger partial charge >= 0.3 is 0 Å². The van der Waals surface area contributed by atoms with Crippen LogP contribution in [0.1, 0.15) is 37.3 Å². The molecule has 1 aliphatic carbocycles. The monoisotopic (exact) mass is 331 g/mol. The number of benzene rings is 1. The summed E-state index contributed by atoms with van der Waals surface area (Å²) in [5.74, 6) is 0.0930. The highest BCUT2D eigenvalue weighted by Gasteiger charge is 2.29. The van der Waals surface area contributed by atoms with Crippen molar-refractivity contribution in [3.63, 3.8) is 0 Å². The van der Waals surface area contributed by atoms with Crippen molar-refractivity contribution in [3.05, 3.63) is 35.4 Å². The van der Waals surface area contributed by atoms with Crippen LogP contribution in [0.3, 0.4) is 0 Å². The van der Waals surface area contributed by atoms with Gasteiger partial charge in [0.2, 0.25) is 5.91 Å². The van der Waals surface area contributed by atoms with Gasteiger partial charge in [0.05, 0.1) is 18.6 Å². The van der Waals surface area contributed by atoms with Crippen LogP contribution in [0.2, 0.25) is 0 Å². The first kappa shape index (κ1) is 17.4. The van der Waals surface area contributed by atoms with Crippen molar-refractivity contribution in [2.24, 2.45) is 11.7 Å². The van der Waals surface area contributed by atoms with Crippen LogP contribution in [0.5, 0.6) is 0 Å². The third kappa shape index (κ3) is 4.56. The second kappa shape index (κ2) is 8.10. The number of nitrogens with two attached hydrogens (primary N) is 1. The Morgan fingerprint density at radius 3 is 2.96 bits per heavy atom. The summed E-state index contributed by atoms with van der Waals surface area (Å²) in [7, 11) is 0. The van der Waals surface area contributed by atoms with E-state index in [1.54, 1.807) is 0 Å². The van der Waals surface area contributed by atoms with E-state index in [9.17, 15) is 4.79 Å². The van der Waals surface area contributed by atoms with Gasteiger partial charge < -0.3 is 15.8 Å². The van der Waals surface area contributed by atoms with Gasteiger partial charge in [-0.1, -0.05) is 30.7 Å². The number of amides is 1. The van der Waals surface area contributed by atoms with Crippen molar-refractivity contribution in [1.82, 2.24) is 10.2 Å². The van der Waals surface area contributed by atoms with Crippen LogP contribution in [0, 0.1) is 5.92 Å². The zero-order chi connectivity index (χ0) is 16.9. The van der Waals surface area contributed by atoms with Crippen LogP contribution in [0.15, 0.2) is 24.3 Å². The molecule has 2 aliphatic rings. The van der Waals surface area contributed by atoms with Gasteiger partial charge in [0.15, 0.2) is 0 Å². The van der Waals surface area contributed by atoms with Crippen molar-refractivity contribution >= 4 is 5.91 Å². The van der Waals surface area contributed by atoms with Crippen molar-refractivity contribution in [3.8, 4) is 0 Å². The minimum Gasteiger partial charge on any atom is -0.376 e. The molecular weight excluding hydrogens is 302 g/mol. The molecule has 1 amide bonds. The lowest BCUT2D eigenvalue weighted by Crippen LogP contribution is -2.40. The Morgan fingerprint density at radius 1 is 1.38 bits per heavy atom. The van der Waals surface area contributed by atoms with Gasteiger partial charge in [-0.3, -0.25) is 9.69 Å². The van der Waals surface area contributed by atoms with Crippen molar-refractivity contribution in [1.29, 1.82) is 0 Å². The molecule has 1 saturated heterocycles. The lowest BCUT2D eigenvalue weighted by atomic mass is 10.0. The van der Waals surface area contributed by atoms with Gasteiger partial charge in [0.1, 0.15) is 0 Å². The molecule has 5 nitrogen and oxygen atoms in total. The van der Waals surface area contributed by atoms with Crippen LogP contribution in [-0.4, -0.2) is 42.6 Å². The predicted molar refractivity (Wildman–Crippen MR) is 94.3 cm³/mol. The van der Waals surface area contributed by atoms with E-state index in [0.29, 0.717) is 12.6 Å². The van der Waals surface area contributed by atoms with Crippen LogP contribution < -0.4 is 11.1 Å². The fourth-order valence-electron chi connectivity index (χ4n) is 3.76. The summed E-state index contributed by atoms with van der Waals surface area (Å²) < 4.78 is 5.59. The molecule has 3 atom stereocenters. The second-order valence-corrected chi connectivity index (χ2v) is 7.16. The summed E-state index contributed by atoms with van der Waals surface area (Å²) in [4.78, 5) is 14.7. The predicted octanol–water partition coefficient (Wildman–Crippen LogP) is 1.65. The first-order valence-electron chi connectivity index (χ1n) is 9.07. The number of carbonyl (C=O) groups excluding carboxylic acids is 1. The average molecular weight is 331 g/mol. The van der Waals surface area contributed by atoms with Crippen LogP contribution in [-0.2, 0) is 22.6 Å². The molecule has 2 fully saturated rings. The summed E-state index contributed by atoms with van der Waals surface area (Å²) in [5, 5.41) is 3.06. The maximum Gasteiger partial charge on any atom is 0.224 e. The Hall–Kier alpha value is -1.43. The molecule has 0 unspecified atom stereocenters. The topological polar surface area (TPSA) is 67.6 Å². The Kier molecular flexibility index (Phi) is 5.87. The number of nitrogens with zero attached hydrogens (tertiary/aromatic N) is 1. The molecule has 1 heterocycles. The van der Waals surface area contributed by atoms with E-state index in [1.165, 1.54) is 5.56 Å². The van der Waals surface area contributed by atoms with Gasteiger partial charge in [-0.05, 0) is 30.9 Å².